The third-order valence-corrected chi connectivity index (χ3v) is 8.17. The van der Waals surface area contributed by atoms with Gasteiger partial charge in [-0.3, -0.25) is 9.13 Å². The van der Waals surface area contributed by atoms with E-state index in [9.17, 15) is 31.5 Å². The molecule has 2 saturated carbocycles. The van der Waals surface area contributed by atoms with Crippen LogP contribution in [0, 0.1) is 0 Å². The number of nitrogens with zero attached hydrogens (tertiary/aromatic N) is 4. The summed E-state index contributed by atoms with van der Waals surface area (Å²) in [5, 5.41) is 8.47. The molecule has 1 aromatic carbocycles. The number of pyridine rings is 2. The van der Waals surface area contributed by atoms with Crippen LogP contribution in [-0.4, -0.2) is 50.3 Å². The van der Waals surface area contributed by atoms with E-state index >= 15 is 0 Å². The Hall–Kier alpha value is -4.43. The van der Waals surface area contributed by atoms with Crippen LogP contribution in [0.15, 0.2) is 41.3 Å². The molecular weight excluding hydrogens is 589 g/mol. The molecule has 0 spiro atoms. The first-order chi connectivity index (χ1) is 22.0. The van der Waals surface area contributed by atoms with Crippen LogP contribution in [0.25, 0.3) is 21.9 Å². The predicted octanol–water partition coefficient (Wildman–Crippen LogP) is 6.09. The van der Waals surface area contributed by atoms with Gasteiger partial charge < -0.3 is 20.7 Å². The van der Waals surface area contributed by atoms with Crippen molar-refractivity contribution in [2.75, 3.05) is 17.7 Å². The van der Waals surface area contributed by atoms with Crippen molar-refractivity contribution < 1.29 is 35.6 Å². The lowest BCUT2D eigenvalue weighted by Gasteiger charge is -2.18. The summed E-state index contributed by atoms with van der Waals surface area (Å²) >= 11 is 0. The molecule has 2 fully saturated rings. The average molecular weight is 623 g/mol. The first kappa shape index (κ1) is 26.0. The highest BCUT2D eigenvalue weighted by molar-refractivity contribution is 5.88. The van der Waals surface area contributed by atoms with Crippen molar-refractivity contribution in [3.63, 3.8) is 0 Å². The molecule has 3 heterocycles. The number of aromatic nitrogens is 4. The van der Waals surface area contributed by atoms with Crippen LogP contribution < -0.4 is 21.6 Å². The molecule has 234 valence electrons. The maximum Gasteiger partial charge on any atom is 0.418 e. The number of carbonyl (C=O) groups excluding carboxylic acids is 1. The number of anilines is 3. The number of methoxy groups -OCH3 is 1. The van der Waals surface area contributed by atoms with Crippen molar-refractivity contribution in [3.05, 3.63) is 52.6 Å². The predicted molar refractivity (Wildman–Crippen MR) is 153 cm³/mol. The van der Waals surface area contributed by atoms with Gasteiger partial charge in [0.15, 0.2) is 0 Å². The Kier molecular flexibility index (Phi) is 6.46. The van der Waals surface area contributed by atoms with Gasteiger partial charge >= 0.3 is 18.0 Å². The van der Waals surface area contributed by atoms with E-state index in [0.717, 1.165) is 6.07 Å². The van der Waals surface area contributed by atoms with Gasteiger partial charge in [0.25, 0.3) is 0 Å². The summed E-state index contributed by atoms with van der Waals surface area (Å²) in [4.78, 5) is 33.6. The highest BCUT2D eigenvalue weighted by atomic mass is 19.4. The number of hydrogen-bond acceptors (Lipinski definition) is 7. The number of ether oxygens (including phenoxy) is 1. The summed E-state index contributed by atoms with van der Waals surface area (Å²) in [6.45, 7) is -2.83. The molecule has 15 heteroatoms. The smallest absolute Gasteiger partial charge is 0.418 e. The Morgan fingerprint density at radius 1 is 1.11 bits per heavy atom. The Bertz CT molecular complexity index is 1910. The fourth-order valence-corrected chi connectivity index (χ4v) is 6.13. The topological polar surface area (TPSA) is 115 Å². The van der Waals surface area contributed by atoms with Gasteiger partial charge in [-0.15, -0.1) is 0 Å². The fraction of sp³-hybridized carbons (Fsp3) is 0.448. The third-order valence-electron chi connectivity index (χ3n) is 8.17. The quantitative estimate of drug-likeness (QED) is 0.223. The molecule has 0 aliphatic heterocycles. The highest BCUT2D eigenvalue weighted by Crippen LogP contribution is 2.40. The van der Waals surface area contributed by atoms with Gasteiger partial charge in [0.2, 0.25) is 5.92 Å². The number of rotatable bonds is 6. The van der Waals surface area contributed by atoms with E-state index in [2.05, 4.69) is 30.7 Å². The molecule has 3 atom stereocenters. The summed E-state index contributed by atoms with van der Waals surface area (Å²) in [5.74, 6) is -2.80. The van der Waals surface area contributed by atoms with E-state index in [1.165, 1.54) is 42.1 Å². The normalized spacial score (nSPS) is 22.9. The zero-order chi connectivity index (χ0) is 33.9. The van der Waals surface area contributed by atoms with Gasteiger partial charge in [-0.2, -0.15) is 13.2 Å². The van der Waals surface area contributed by atoms with Crippen molar-refractivity contribution >= 4 is 45.4 Å². The lowest BCUT2D eigenvalue weighted by atomic mass is 10.1. The van der Waals surface area contributed by atoms with E-state index < -0.39 is 54.9 Å². The van der Waals surface area contributed by atoms with Gasteiger partial charge in [0, 0.05) is 59.2 Å². The molecule has 0 saturated heterocycles. The zero-order valence-electron chi connectivity index (χ0n) is 26.3. The monoisotopic (exact) mass is 622 g/mol. The summed E-state index contributed by atoms with van der Waals surface area (Å²) in [7, 11) is 1.23. The molecule has 4 aromatic rings. The van der Waals surface area contributed by atoms with Crippen LogP contribution in [0.5, 0.6) is 0 Å². The molecule has 6 rings (SSSR count). The number of aryl methyl sites for hydroxylation is 1. The molecule has 3 aromatic heterocycles. The number of halogens is 5. The molecule has 10 nitrogen and oxygen atoms in total. The minimum absolute atomic E-state index is 0.0154. The Labute approximate surface area is 251 Å². The third kappa shape index (κ3) is 5.74. The van der Waals surface area contributed by atoms with Crippen LogP contribution in [0.3, 0.4) is 0 Å². The van der Waals surface area contributed by atoms with Crippen molar-refractivity contribution in [2.45, 2.75) is 68.7 Å². The number of imidazole rings is 1. The molecule has 2 aliphatic rings. The van der Waals surface area contributed by atoms with E-state index in [-0.39, 0.29) is 58.1 Å². The number of nitrogens with one attached hydrogen (secondary N) is 3. The number of benzene rings is 1. The average Bonchev–Trinajstić information content (AvgIpc) is 3.65. The molecule has 1 unspecified atom stereocenters. The minimum atomic E-state index is -4.81. The van der Waals surface area contributed by atoms with Crippen LogP contribution >= 0.6 is 0 Å². The maximum atomic E-state index is 14.2. The number of amides is 1. The Morgan fingerprint density at radius 3 is 2.64 bits per heavy atom. The largest absolute Gasteiger partial charge is 0.453 e. The number of fused-ring (bicyclic) bond motifs is 2. The van der Waals surface area contributed by atoms with Crippen LogP contribution in [0.1, 0.15) is 54.2 Å². The highest BCUT2D eigenvalue weighted by Gasteiger charge is 2.40. The van der Waals surface area contributed by atoms with E-state index in [1.807, 2.05) is 0 Å². The second-order valence-corrected chi connectivity index (χ2v) is 11.2. The van der Waals surface area contributed by atoms with Gasteiger partial charge in [-0.05, 0) is 49.9 Å². The second kappa shape index (κ2) is 10.9. The maximum absolute atomic E-state index is 14.2. The van der Waals surface area contributed by atoms with Gasteiger partial charge in [0.1, 0.15) is 11.6 Å². The fourth-order valence-electron chi connectivity index (χ4n) is 6.13. The van der Waals surface area contributed by atoms with Crippen LogP contribution in [0.4, 0.5) is 44.1 Å². The lowest BCUT2D eigenvalue weighted by molar-refractivity contribution is -0.136. The van der Waals surface area contributed by atoms with E-state index in [0.29, 0.717) is 23.8 Å². The summed E-state index contributed by atoms with van der Waals surface area (Å²) in [5.41, 5.74) is -1.95. The summed E-state index contributed by atoms with van der Waals surface area (Å²) < 4.78 is 100. The molecule has 3 N–H and O–H groups in total. The molecule has 1 amide bonds. The summed E-state index contributed by atoms with van der Waals surface area (Å²) in [6, 6.07) is 5.05. The molecule has 0 bridgehead atoms. The standard InChI is InChI=1S/C29H30F5N7O3/c1-40-22-14-35-24(12-21(22)41(27(40)43)19-5-4-16(10-19)37-26(42)44-2)38-23-6-3-15-9-18(36-17-7-8-28(30,31)13-17)11-20(25(15)39-23)29(32,33)34/h3,6,9,11-12,14,16-17,19,36H,4-5,7-8,10,13H2,1-2H3,(H,37,42)(H,35,38,39)/t16-,17?,19-/m1/s1/i1D3. The summed E-state index contributed by atoms with van der Waals surface area (Å²) in [6.07, 6.45) is -3.66. The first-order valence-corrected chi connectivity index (χ1v) is 13.9. The molecule has 0 radical (unpaired) electrons. The molecular formula is C29H30F5N7O3. The van der Waals surface area contributed by atoms with Crippen molar-refractivity contribution in [3.8, 4) is 0 Å². The molecule has 44 heavy (non-hydrogen) atoms. The van der Waals surface area contributed by atoms with Gasteiger partial charge in [0.05, 0.1) is 35.4 Å². The second-order valence-electron chi connectivity index (χ2n) is 11.2. The van der Waals surface area contributed by atoms with E-state index in [1.54, 1.807) is 0 Å². The Morgan fingerprint density at radius 2 is 1.93 bits per heavy atom. The number of alkyl halides is 5. The number of carbonyl (C=O) groups is 1. The van der Waals surface area contributed by atoms with Gasteiger partial charge in [-0.1, -0.05) is 0 Å². The van der Waals surface area contributed by atoms with Gasteiger partial charge in [-0.25, -0.2) is 28.3 Å². The number of hydrogen-bond donors (Lipinski definition) is 3. The zero-order valence-corrected chi connectivity index (χ0v) is 23.3. The lowest BCUT2D eigenvalue weighted by Crippen LogP contribution is -2.33. The number of alkyl carbamates (subject to hydrolysis) is 1. The Balaban J connectivity index is 1.34. The first-order valence-electron chi connectivity index (χ1n) is 15.4. The van der Waals surface area contributed by atoms with Crippen LogP contribution in [0.2, 0.25) is 0 Å². The van der Waals surface area contributed by atoms with Crippen molar-refractivity contribution in [1.82, 2.24) is 24.4 Å². The van der Waals surface area contributed by atoms with Crippen LogP contribution in [-0.2, 0) is 17.9 Å². The van der Waals surface area contributed by atoms with Crippen molar-refractivity contribution in [1.29, 1.82) is 0 Å². The minimum Gasteiger partial charge on any atom is -0.453 e. The molecule has 2 aliphatic carbocycles. The SMILES string of the molecule is [2H]C([2H])([2H])n1c(=O)n([C@@H]2CC[C@@H](NC(=O)OC)C2)c2cc(Nc3ccc4cc(NC5CCC(F)(F)C5)cc(C(F)(F)F)c4n3)ncc21. The van der Waals surface area contributed by atoms with E-state index in [4.69, 9.17) is 4.11 Å². The van der Waals surface area contributed by atoms with Crippen molar-refractivity contribution in [2.24, 2.45) is 6.98 Å².